The molecule has 2 heterocycles. The summed E-state index contributed by atoms with van der Waals surface area (Å²) in [7, 11) is 0. The third kappa shape index (κ3) is 6.22. The van der Waals surface area contributed by atoms with E-state index >= 15 is 0 Å². The second kappa shape index (κ2) is 12.3. The van der Waals surface area contributed by atoms with Crippen molar-refractivity contribution in [2.75, 3.05) is 13.1 Å². The molecule has 1 saturated heterocycles. The first-order valence-corrected chi connectivity index (χ1v) is 12.2. The summed E-state index contributed by atoms with van der Waals surface area (Å²) in [6.45, 7) is 3.64. The quantitative estimate of drug-likeness (QED) is 0.246. The van der Waals surface area contributed by atoms with Crippen LogP contribution >= 0.6 is 48.0 Å². The van der Waals surface area contributed by atoms with Crippen molar-refractivity contribution in [2.24, 2.45) is 0 Å². The fraction of sp³-hybridized carbons (Fsp3) is 0.250. The molecule has 0 radical (unpaired) electrons. The van der Waals surface area contributed by atoms with Crippen molar-refractivity contribution in [3.05, 3.63) is 124 Å². The molecule has 0 aliphatic carbocycles. The molecule has 35 heavy (non-hydrogen) atoms. The Morgan fingerprint density at radius 2 is 1.31 bits per heavy atom. The average Bonchev–Trinajstić information content (AvgIpc) is 3.30. The number of rotatable bonds is 6. The molecular weight excluding hydrogens is 520 g/mol. The number of hydrogen-bond donors (Lipinski definition) is 0. The van der Waals surface area contributed by atoms with E-state index in [1.807, 2.05) is 29.1 Å². The van der Waals surface area contributed by atoms with Crippen molar-refractivity contribution in [3.63, 3.8) is 0 Å². The van der Waals surface area contributed by atoms with Crippen molar-refractivity contribution in [1.29, 1.82) is 0 Å². The minimum atomic E-state index is 0. The van der Waals surface area contributed by atoms with Crippen LogP contribution in [-0.2, 0) is 18.5 Å². The molecule has 0 bridgehead atoms. The van der Waals surface area contributed by atoms with Crippen molar-refractivity contribution in [1.82, 2.24) is 14.7 Å². The molecule has 0 N–H and O–H groups in total. The van der Waals surface area contributed by atoms with E-state index in [-0.39, 0.29) is 30.2 Å². The summed E-state index contributed by atoms with van der Waals surface area (Å²) in [6.07, 6.45) is 4.25. The number of hydrogen-bond acceptors (Lipinski definition) is 2. The fourth-order valence-corrected chi connectivity index (χ4v) is 5.30. The molecule has 5 rings (SSSR count). The highest BCUT2D eigenvalue weighted by molar-refractivity contribution is 6.42. The largest absolute Gasteiger partial charge is 0.297 e. The lowest BCUT2D eigenvalue weighted by Crippen LogP contribution is -2.43. The van der Waals surface area contributed by atoms with Crippen LogP contribution in [0.25, 0.3) is 0 Å². The molecule has 184 valence electrons. The van der Waals surface area contributed by atoms with Crippen molar-refractivity contribution >= 4 is 48.0 Å². The monoisotopic (exact) mass is 547 g/mol. The van der Waals surface area contributed by atoms with Crippen molar-refractivity contribution in [2.45, 2.75) is 31.3 Å². The van der Waals surface area contributed by atoms with Gasteiger partial charge in [0, 0.05) is 18.2 Å². The normalized spacial score (nSPS) is 15.1. The molecule has 0 saturated carbocycles. The predicted octanol–water partition coefficient (Wildman–Crippen LogP) is 7.66. The molecule has 4 aromatic rings. The Labute approximate surface area is 229 Å². The highest BCUT2D eigenvalue weighted by Crippen LogP contribution is 2.41. The minimum Gasteiger partial charge on any atom is -0.297 e. The van der Waals surface area contributed by atoms with Gasteiger partial charge in [-0.2, -0.15) is 5.10 Å². The Hall–Kier alpha value is -2.01. The van der Waals surface area contributed by atoms with Gasteiger partial charge in [0.1, 0.15) is 0 Å². The molecule has 1 aromatic heterocycles. The van der Waals surface area contributed by atoms with Crippen LogP contribution in [0.5, 0.6) is 0 Å². The predicted molar refractivity (Wildman–Crippen MR) is 150 cm³/mol. The van der Waals surface area contributed by atoms with Crippen molar-refractivity contribution in [3.8, 4) is 0 Å². The summed E-state index contributed by atoms with van der Waals surface area (Å²) in [6, 6.07) is 29.8. The highest BCUT2D eigenvalue weighted by Gasteiger charge is 2.37. The number of benzene rings is 3. The summed E-state index contributed by atoms with van der Waals surface area (Å²) >= 11 is 12.2. The summed E-state index contributed by atoms with van der Waals surface area (Å²) in [4.78, 5) is 2.52. The summed E-state index contributed by atoms with van der Waals surface area (Å²) in [5.74, 6) is 0. The molecular formula is C28H29Cl4N3. The molecule has 1 aliphatic rings. The molecule has 1 fully saturated rings. The third-order valence-electron chi connectivity index (χ3n) is 6.77. The van der Waals surface area contributed by atoms with E-state index in [1.54, 1.807) is 0 Å². The van der Waals surface area contributed by atoms with E-state index in [0.29, 0.717) is 16.6 Å². The smallest absolute Gasteiger partial charge is 0.0764 e. The van der Waals surface area contributed by atoms with Crippen LogP contribution in [-0.4, -0.2) is 27.8 Å². The lowest BCUT2D eigenvalue weighted by Gasteiger charge is -2.42. The zero-order valence-electron chi connectivity index (χ0n) is 19.3. The summed E-state index contributed by atoms with van der Waals surface area (Å²) in [5, 5.41) is 5.96. The van der Waals surface area contributed by atoms with Gasteiger partial charge >= 0.3 is 0 Å². The van der Waals surface area contributed by atoms with Crippen LogP contribution in [0.4, 0.5) is 0 Å². The van der Waals surface area contributed by atoms with E-state index in [1.165, 1.54) is 11.1 Å². The Bertz CT molecular complexity index is 1160. The first-order chi connectivity index (χ1) is 16.1. The molecule has 0 atom stereocenters. The molecule has 0 unspecified atom stereocenters. The molecule has 0 spiro atoms. The van der Waals surface area contributed by atoms with Crippen LogP contribution in [0.1, 0.15) is 35.2 Å². The van der Waals surface area contributed by atoms with Gasteiger partial charge in [-0.05, 0) is 60.8 Å². The van der Waals surface area contributed by atoms with Gasteiger partial charge in [0.25, 0.3) is 0 Å². The minimum absolute atomic E-state index is 0. The van der Waals surface area contributed by atoms with Gasteiger partial charge in [-0.3, -0.25) is 9.58 Å². The number of nitrogens with zero attached hydrogens (tertiary/aromatic N) is 3. The van der Waals surface area contributed by atoms with Crippen LogP contribution in [0.2, 0.25) is 10.0 Å². The molecule has 0 amide bonds. The van der Waals surface area contributed by atoms with Gasteiger partial charge in [0.15, 0.2) is 0 Å². The van der Waals surface area contributed by atoms with Gasteiger partial charge in [-0.15, -0.1) is 24.8 Å². The Kier molecular flexibility index (Phi) is 9.69. The maximum Gasteiger partial charge on any atom is 0.0764 e. The molecule has 7 heteroatoms. The second-order valence-corrected chi connectivity index (χ2v) is 9.66. The number of aromatic nitrogens is 2. The first kappa shape index (κ1) is 27.6. The van der Waals surface area contributed by atoms with Gasteiger partial charge in [-0.25, -0.2) is 0 Å². The zero-order valence-corrected chi connectivity index (χ0v) is 22.5. The Morgan fingerprint density at radius 1 is 0.714 bits per heavy atom. The van der Waals surface area contributed by atoms with Crippen molar-refractivity contribution < 1.29 is 0 Å². The zero-order chi connectivity index (χ0) is 22.7. The fourth-order valence-electron chi connectivity index (χ4n) is 4.98. The molecule has 3 nitrogen and oxygen atoms in total. The van der Waals surface area contributed by atoms with E-state index in [9.17, 15) is 0 Å². The maximum absolute atomic E-state index is 6.16. The van der Waals surface area contributed by atoms with Gasteiger partial charge < -0.3 is 0 Å². The average molecular weight is 549 g/mol. The van der Waals surface area contributed by atoms with Crippen LogP contribution < -0.4 is 0 Å². The number of piperidine rings is 1. The molecule has 3 aromatic carbocycles. The summed E-state index contributed by atoms with van der Waals surface area (Å²) < 4.78 is 1.97. The SMILES string of the molecule is Cl.Cl.Clc1ccc(Cn2ccc(CN3CCC(c4ccccc4)(c4ccccc4)CC3)n2)cc1Cl. The highest BCUT2D eigenvalue weighted by atomic mass is 35.5. The summed E-state index contributed by atoms with van der Waals surface area (Å²) in [5.41, 5.74) is 5.10. The van der Waals surface area contributed by atoms with Gasteiger partial charge in [0.05, 0.1) is 22.3 Å². The van der Waals surface area contributed by atoms with E-state index in [2.05, 4.69) is 71.6 Å². The van der Waals surface area contributed by atoms with Crippen LogP contribution in [0.15, 0.2) is 91.1 Å². The van der Waals surface area contributed by atoms with Crippen LogP contribution in [0, 0.1) is 0 Å². The Morgan fingerprint density at radius 3 is 1.89 bits per heavy atom. The second-order valence-electron chi connectivity index (χ2n) is 8.84. The topological polar surface area (TPSA) is 21.1 Å². The third-order valence-corrected chi connectivity index (χ3v) is 7.51. The maximum atomic E-state index is 6.16. The van der Waals surface area contributed by atoms with E-state index < -0.39 is 0 Å². The van der Waals surface area contributed by atoms with Crippen LogP contribution in [0.3, 0.4) is 0 Å². The lowest BCUT2D eigenvalue weighted by molar-refractivity contribution is 0.170. The molecule has 1 aliphatic heterocycles. The standard InChI is InChI=1S/C28H27Cl2N3.2ClH/c29-26-12-11-22(19-27(26)30)20-33-16-13-25(31-33)21-32-17-14-28(15-18-32,23-7-3-1-4-8-23)24-9-5-2-6-10-24;;/h1-13,16,19H,14-15,17-18,20-21H2;2*1H. The first-order valence-electron chi connectivity index (χ1n) is 11.4. The van der Waals surface area contributed by atoms with E-state index in [0.717, 1.165) is 43.7 Å². The Balaban J connectivity index is 0.00000171. The lowest BCUT2D eigenvalue weighted by atomic mass is 9.68. The number of likely N-dealkylation sites (tertiary alicyclic amines) is 1. The number of halogens is 4. The van der Waals surface area contributed by atoms with Gasteiger partial charge in [0.2, 0.25) is 0 Å². The van der Waals surface area contributed by atoms with E-state index in [4.69, 9.17) is 28.3 Å². The van der Waals surface area contributed by atoms with Gasteiger partial charge in [-0.1, -0.05) is 89.9 Å².